The third-order valence-corrected chi connectivity index (χ3v) is 3.91. The van der Waals surface area contributed by atoms with E-state index >= 15 is 0 Å². The van der Waals surface area contributed by atoms with Gasteiger partial charge in [-0.05, 0) is 33.5 Å². The first kappa shape index (κ1) is 11.2. The second-order valence-corrected chi connectivity index (χ2v) is 4.93. The van der Waals surface area contributed by atoms with E-state index in [1.54, 1.807) is 0 Å². The molecule has 18 heavy (non-hydrogen) atoms. The van der Waals surface area contributed by atoms with Crippen LogP contribution in [0.2, 0.25) is 0 Å². The summed E-state index contributed by atoms with van der Waals surface area (Å²) in [6.07, 6.45) is 0. The first-order chi connectivity index (χ1) is 8.90. The van der Waals surface area contributed by atoms with Crippen LogP contribution >= 0.6 is 0 Å². The lowest BCUT2D eigenvalue weighted by atomic mass is 9.95. The summed E-state index contributed by atoms with van der Waals surface area (Å²) in [6.45, 7) is 0. The lowest BCUT2D eigenvalue weighted by Crippen LogP contribution is -1.90. The Balaban J connectivity index is 2.32. The molecule has 0 aliphatic heterocycles. The van der Waals surface area contributed by atoms with Crippen LogP contribution in [0.5, 0.6) is 0 Å². The fraction of sp³-hybridized carbons (Fsp3) is 0.0588. The highest BCUT2D eigenvalue weighted by Crippen LogP contribution is 2.30. The summed E-state index contributed by atoms with van der Waals surface area (Å²) in [7, 11) is 2.01. The maximum atomic E-state index is 2.23. The molecule has 0 unspecified atom stereocenters. The van der Waals surface area contributed by atoms with E-state index in [9.17, 15) is 0 Å². The number of fused-ring (bicyclic) bond motifs is 1. The van der Waals surface area contributed by atoms with Gasteiger partial charge in [-0.1, -0.05) is 66.7 Å². The molecule has 0 saturated carbocycles. The predicted molar refractivity (Wildman–Crippen MR) is 81.6 cm³/mol. The minimum absolute atomic E-state index is 1.10. The minimum Gasteiger partial charge on any atom is -0.0620 e. The maximum absolute atomic E-state index is 2.23. The second-order valence-electron chi connectivity index (χ2n) is 4.43. The molecule has 0 heterocycles. The van der Waals surface area contributed by atoms with Crippen molar-refractivity contribution in [3.05, 3.63) is 72.3 Å². The van der Waals surface area contributed by atoms with Gasteiger partial charge in [-0.25, -0.2) is 0 Å². The first-order valence-electron chi connectivity index (χ1n) is 6.25. The van der Waals surface area contributed by atoms with Crippen LogP contribution in [0.25, 0.3) is 21.9 Å². The molecule has 0 bridgehead atoms. The van der Waals surface area contributed by atoms with Gasteiger partial charge in [0.15, 0.2) is 0 Å². The molecule has 0 saturated heterocycles. The van der Waals surface area contributed by atoms with Crippen molar-refractivity contribution < 1.29 is 0 Å². The molecular formula is C17H15Si. The van der Waals surface area contributed by atoms with E-state index in [1.165, 1.54) is 27.5 Å². The summed E-state index contributed by atoms with van der Waals surface area (Å²) in [5, 5.41) is 2.65. The summed E-state index contributed by atoms with van der Waals surface area (Å²) in [5.41, 5.74) is 4.13. The first-order valence-corrected chi connectivity index (χ1v) is 7.25. The molecule has 0 atom stereocenters. The van der Waals surface area contributed by atoms with Gasteiger partial charge in [0.1, 0.15) is 0 Å². The highest BCUT2D eigenvalue weighted by molar-refractivity contribution is 6.09. The molecule has 0 aliphatic rings. The molecule has 0 fully saturated rings. The molecular weight excluding hydrogens is 232 g/mol. The molecule has 1 radical (unpaired) electrons. The molecule has 0 amide bonds. The maximum Gasteiger partial charge on any atom is 0.0138 e. The van der Waals surface area contributed by atoms with E-state index in [0.29, 0.717) is 0 Å². The van der Waals surface area contributed by atoms with E-state index in [0.717, 1.165) is 6.04 Å². The number of hydrogen-bond donors (Lipinski definition) is 0. The average molecular weight is 247 g/mol. The lowest BCUT2D eigenvalue weighted by molar-refractivity contribution is 1.40. The number of benzene rings is 3. The van der Waals surface area contributed by atoms with Crippen LogP contribution in [0.1, 0.15) is 5.56 Å². The Morgan fingerprint density at radius 1 is 0.667 bits per heavy atom. The van der Waals surface area contributed by atoms with Gasteiger partial charge in [0.05, 0.1) is 0 Å². The van der Waals surface area contributed by atoms with E-state index in [1.807, 2.05) is 10.2 Å². The summed E-state index contributed by atoms with van der Waals surface area (Å²) in [5.74, 6) is 0. The highest BCUT2D eigenvalue weighted by Gasteiger charge is 2.06. The molecule has 0 aromatic heterocycles. The van der Waals surface area contributed by atoms with Crippen molar-refractivity contribution in [3.8, 4) is 11.1 Å². The van der Waals surface area contributed by atoms with Crippen LogP contribution in [0, 0.1) is 0 Å². The normalized spacial score (nSPS) is 10.7. The van der Waals surface area contributed by atoms with Gasteiger partial charge < -0.3 is 0 Å². The van der Waals surface area contributed by atoms with Crippen LogP contribution in [0.4, 0.5) is 0 Å². The van der Waals surface area contributed by atoms with Crippen LogP contribution in [0.3, 0.4) is 0 Å². The third-order valence-electron chi connectivity index (χ3n) is 3.37. The Labute approximate surface area is 111 Å². The third kappa shape index (κ3) is 1.87. The smallest absolute Gasteiger partial charge is 0.0138 e. The van der Waals surface area contributed by atoms with Crippen molar-refractivity contribution in [2.24, 2.45) is 0 Å². The van der Waals surface area contributed by atoms with Crippen molar-refractivity contribution in [2.75, 3.05) is 0 Å². The molecule has 3 aromatic rings. The summed E-state index contributed by atoms with van der Waals surface area (Å²) in [4.78, 5) is 0. The fourth-order valence-electron chi connectivity index (χ4n) is 2.46. The van der Waals surface area contributed by atoms with E-state index in [4.69, 9.17) is 0 Å². The van der Waals surface area contributed by atoms with Crippen molar-refractivity contribution in [1.29, 1.82) is 0 Å². The molecule has 0 nitrogen and oxygen atoms in total. The predicted octanol–water partition coefficient (Wildman–Crippen LogP) is 3.64. The van der Waals surface area contributed by atoms with Crippen molar-refractivity contribution in [3.63, 3.8) is 0 Å². The van der Waals surface area contributed by atoms with Crippen LogP contribution < -0.4 is 0 Å². The zero-order valence-electron chi connectivity index (χ0n) is 10.3. The Morgan fingerprint density at radius 2 is 1.33 bits per heavy atom. The highest BCUT2D eigenvalue weighted by atomic mass is 28.1. The number of rotatable bonds is 2. The van der Waals surface area contributed by atoms with Gasteiger partial charge >= 0.3 is 0 Å². The van der Waals surface area contributed by atoms with Crippen LogP contribution in [-0.2, 0) is 6.04 Å². The zero-order chi connectivity index (χ0) is 12.4. The van der Waals surface area contributed by atoms with Crippen LogP contribution in [0.15, 0.2) is 66.7 Å². The van der Waals surface area contributed by atoms with Crippen molar-refractivity contribution >= 4 is 21.0 Å². The Morgan fingerprint density at radius 3 is 2.22 bits per heavy atom. The van der Waals surface area contributed by atoms with Gasteiger partial charge in [-0.2, -0.15) is 0 Å². The fourth-order valence-corrected chi connectivity index (χ4v) is 2.90. The van der Waals surface area contributed by atoms with Gasteiger partial charge in [-0.3, -0.25) is 0 Å². The molecule has 0 N–H and O–H groups in total. The molecule has 1 heteroatoms. The lowest BCUT2D eigenvalue weighted by Gasteiger charge is -2.10. The molecule has 87 valence electrons. The van der Waals surface area contributed by atoms with E-state index in [2.05, 4.69) is 66.7 Å². The summed E-state index contributed by atoms with van der Waals surface area (Å²) < 4.78 is 0. The van der Waals surface area contributed by atoms with Gasteiger partial charge in [0, 0.05) is 10.2 Å². The van der Waals surface area contributed by atoms with Crippen molar-refractivity contribution in [1.82, 2.24) is 0 Å². The van der Waals surface area contributed by atoms with E-state index in [-0.39, 0.29) is 0 Å². The number of hydrogen-bond acceptors (Lipinski definition) is 0. The molecule has 0 aliphatic carbocycles. The van der Waals surface area contributed by atoms with Gasteiger partial charge in [0.2, 0.25) is 0 Å². The van der Waals surface area contributed by atoms with Crippen molar-refractivity contribution in [2.45, 2.75) is 6.04 Å². The monoisotopic (exact) mass is 247 g/mol. The summed E-state index contributed by atoms with van der Waals surface area (Å²) in [6, 6.07) is 24.9. The van der Waals surface area contributed by atoms with Gasteiger partial charge in [-0.15, -0.1) is 0 Å². The van der Waals surface area contributed by atoms with E-state index < -0.39 is 0 Å². The average Bonchev–Trinajstić information content (AvgIpc) is 2.46. The quantitative estimate of drug-likeness (QED) is 0.607. The molecule has 3 aromatic carbocycles. The molecule has 3 rings (SSSR count). The zero-order valence-corrected chi connectivity index (χ0v) is 11.7. The SMILES string of the molecule is [SiH2]Cc1ccccc1-c1cccc2ccccc12. The molecule has 0 spiro atoms. The van der Waals surface area contributed by atoms with Crippen LogP contribution in [-0.4, -0.2) is 10.2 Å². The largest absolute Gasteiger partial charge is 0.0620 e. The summed E-state index contributed by atoms with van der Waals surface area (Å²) >= 11 is 0. The Bertz CT molecular complexity index is 681. The minimum atomic E-state index is 1.10. The second kappa shape index (κ2) is 4.79. The Kier molecular flexibility index (Phi) is 2.99. The van der Waals surface area contributed by atoms with Gasteiger partial charge in [0.25, 0.3) is 0 Å². The topological polar surface area (TPSA) is 0 Å². The standard InChI is InChI=1S/C17H15Si/c18-12-14-7-2-4-10-16(14)17-11-5-8-13-6-1-3-9-15(13)17/h1-11H,12,18H2. The Hall–Kier alpha value is -1.86.